The van der Waals surface area contributed by atoms with Crippen LogP contribution in [-0.2, 0) is 4.79 Å². The molecule has 1 aliphatic heterocycles. The number of carbonyl (C=O) groups excluding carboxylic acids is 1. The summed E-state index contributed by atoms with van der Waals surface area (Å²) in [4.78, 5) is 10.9. The van der Waals surface area contributed by atoms with E-state index in [2.05, 4.69) is 0 Å². The van der Waals surface area contributed by atoms with E-state index >= 15 is 0 Å². The molecule has 1 aromatic carbocycles. The lowest BCUT2D eigenvalue weighted by Crippen LogP contribution is -2.33. The van der Waals surface area contributed by atoms with Crippen molar-refractivity contribution in [2.24, 2.45) is 5.73 Å². The first-order valence-electron chi connectivity index (χ1n) is 4.21. The molecule has 1 aromatic rings. The van der Waals surface area contributed by atoms with Crippen molar-refractivity contribution >= 4 is 17.7 Å². The largest absolute Gasteiger partial charge is 0.474 e. The summed E-state index contributed by atoms with van der Waals surface area (Å²) in [5, 5.41) is 0. The van der Waals surface area contributed by atoms with E-state index in [0.29, 0.717) is 11.4 Å². The molecule has 0 saturated carbocycles. The molecule has 72 valence electrons. The molecule has 4 N–H and O–H groups in total. The highest BCUT2D eigenvalue weighted by molar-refractivity contribution is 5.85. The maximum absolute atomic E-state index is 10.9. The summed E-state index contributed by atoms with van der Waals surface area (Å²) in [5.41, 5.74) is 12.2. The molecule has 0 aliphatic carbocycles. The second-order valence-corrected chi connectivity index (χ2v) is 3.07. The summed E-state index contributed by atoms with van der Waals surface area (Å²) < 4.78 is 5.34. The molecule has 4 heteroatoms. The van der Waals surface area contributed by atoms with Crippen molar-refractivity contribution in [1.29, 1.82) is 0 Å². The van der Waals surface area contributed by atoms with Crippen molar-refractivity contribution in [1.82, 2.24) is 0 Å². The van der Waals surface area contributed by atoms with E-state index < -0.39 is 12.0 Å². The van der Waals surface area contributed by atoms with Gasteiger partial charge in [0.25, 0.3) is 5.91 Å². The minimum atomic E-state index is -0.716. The number of fused-ring (bicyclic) bond motifs is 1. The predicted molar refractivity (Wildman–Crippen MR) is 53.5 cm³/mol. The minimum absolute atomic E-state index is 0.512. The predicted octanol–water partition coefficient (Wildman–Crippen LogP) is 0.528. The Labute approximate surface area is 81.2 Å². The Balaban J connectivity index is 2.42. The summed E-state index contributed by atoms with van der Waals surface area (Å²) in [6.07, 6.45) is 2.68. The van der Waals surface area contributed by atoms with Crippen LogP contribution in [-0.4, -0.2) is 12.0 Å². The highest BCUT2D eigenvalue weighted by Crippen LogP contribution is 2.31. The number of benzene rings is 1. The van der Waals surface area contributed by atoms with E-state index in [1.54, 1.807) is 18.2 Å². The van der Waals surface area contributed by atoms with Crippen LogP contribution >= 0.6 is 0 Å². The van der Waals surface area contributed by atoms with Crippen LogP contribution < -0.4 is 16.2 Å². The number of hydrogen-bond acceptors (Lipinski definition) is 3. The van der Waals surface area contributed by atoms with Crippen LogP contribution in [0.15, 0.2) is 24.3 Å². The van der Waals surface area contributed by atoms with E-state index in [-0.39, 0.29) is 0 Å². The fraction of sp³-hybridized carbons (Fsp3) is 0.100. The Hall–Kier alpha value is -1.97. The Morgan fingerprint density at radius 1 is 1.43 bits per heavy atom. The lowest BCUT2D eigenvalue weighted by atomic mass is 10.1. The molecule has 0 radical (unpaired) electrons. The molecule has 0 aromatic heterocycles. The zero-order valence-corrected chi connectivity index (χ0v) is 7.44. The van der Waals surface area contributed by atoms with Gasteiger partial charge in [0.1, 0.15) is 0 Å². The first-order valence-corrected chi connectivity index (χ1v) is 4.21. The van der Waals surface area contributed by atoms with E-state index in [1.165, 1.54) is 0 Å². The van der Waals surface area contributed by atoms with Gasteiger partial charge in [0.05, 0.1) is 5.69 Å². The third kappa shape index (κ3) is 1.31. The lowest BCUT2D eigenvalue weighted by Gasteiger charge is -2.20. The third-order valence-electron chi connectivity index (χ3n) is 2.05. The quantitative estimate of drug-likeness (QED) is 0.634. The van der Waals surface area contributed by atoms with Crippen LogP contribution in [0.2, 0.25) is 0 Å². The molecule has 4 nitrogen and oxygen atoms in total. The van der Waals surface area contributed by atoms with Crippen LogP contribution in [0.25, 0.3) is 6.08 Å². The van der Waals surface area contributed by atoms with E-state index in [4.69, 9.17) is 16.2 Å². The molecule has 0 bridgehead atoms. The van der Waals surface area contributed by atoms with Gasteiger partial charge in [-0.15, -0.1) is 0 Å². The van der Waals surface area contributed by atoms with Crippen LogP contribution in [0, 0.1) is 0 Å². The van der Waals surface area contributed by atoms with Crippen molar-refractivity contribution in [2.75, 3.05) is 5.73 Å². The molecule has 1 atom stereocenters. The van der Waals surface area contributed by atoms with Crippen LogP contribution in [0.3, 0.4) is 0 Å². The van der Waals surface area contributed by atoms with E-state index in [9.17, 15) is 4.79 Å². The number of primary amides is 1. The van der Waals surface area contributed by atoms with Gasteiger partial charge in [0, 0.05) is 5.56 Å². The van der Waals surface area contributed by atoms with Gasteiger partial charge in [-0.1, -0.05) is 18.2 Å². The Kier molecular flexibility index (Phi) is 1.89. The Morgan fingerprint density at radius 2 is 2.21 bits per heavy atom. The molecule has 1 unspecified atom stereocenters. The summed E-state index contributed by atoms with van der Waals surface area (Å²) in [6.45, 7) is 0. The first-order chi connectivity index (χ1) is 6.68. The molecule has 0 saturated heterocycles. The molecule has 0 fully saturated rings. The molecule has 0 spiro atoms. The molecule has 2 rings (SSSR count). The van der Waals surface area contributed by atoms with Gasteiger partial charge < -0.3 is 16.2 Å². The average molecular weight is 190 g/mol. The molecule has 1 aliphatic rings. The van der Waals surface area contributed by atoms with Gasteiger partial charge in [0.15, 0.2) is 11.9 Å². The Bertz CT molecular complexity index is 413. The molecule has 1 heterocycles. The monoisotopic (exact) mass is 190 g/mol. The fourth-order valence-electron chi connectivity index (χ4n) is 1.35. The summed E-state index contributed by atoms with van der Waals surface area (Å²) in [5.74, 6) is 0.00829. The number of para-hydroxylation sites is 1. The van der Waals surface area contributed by atoms with Gasteiger partial charge in [0.2, 0.25) is 0 Å². The van der Waals surface area contributed by atoms with Crippen LogP contribution in [0.5, 0.6) is 5.75 Å². The fourth-order valence-corrected chi connectivity index (χ4v) is 1.35. The highest BCUT2D eigenvalue weighted by atomic mass is 16.5. The third-order valence-corrected chi connectivity index (χ3v) is 2.05. The number of amides is 1. The average Bonchev–Trinajstić information content (AvgIpc) is 2.18. The summed E-state index contributed by atoms with van der Waals surface area (Å²) in [6, 6.07) is 5.40. The Morgan fingerprint density at radius 3 is 2.93 bits per heavy atom. The highest BCUT2D eigenvalue weighted by Gasteiger charge is 2.20. The van der Waals surface area contributed by atoms with Crippen LogP contribution in [0.4, 0.5) is 5.69 Å². The molecular formula is C10H10N2O2. The van der Waals surface area contributed by atoms with Gasteiger partial charge in [-0.05, 0) is 12.1 Å². The second kappa shape index (κ2) is 3.06. The molecular weight excluding hydrogens is 180 g/mol. The van der Waals surface area contributed by atoms with Crippen LogP contribution in [0.1, 0.15) is 5.56 Å². The van der Waals surface area contributed by atoms with Gasteiger partial charge >= 0.3 is 0 Å². The van der Waals surface area contributed by atoms with Gasteiger partial charge in [-0.25, -0.2) is 0 Å². The number of nitrogens with two attached hydrogens (primary N) is 2. The minimum Gasteiger partial charge on any atom is -0.474 e. The normalized spacial score (nSPS) is 18.4. The number of hydrogen-bond donors (Lipinski definition) is 2. The topological polar surface area (TPSA) is 78.3 Å². The first kappa shape index (κ1) is 8.62. The smallest absolute Gasteiger partial charge is 0.262 e. The summed E-state index contributed by atoms with van der Waals surface area (Å²) >= 11 is 0. The van der Waals surface area contributed by atoms with Gasteiger partial charge in [-0.2, -0.15) is 0 Å². The zero-order chi connectivity index (χ0) is 10.1. The molecule has 14 heavy (non-hydrogen) atoms. The van der Waals surface area contributed by atoms with Crippen molar-refractivity contribution in [2.45, 2.75) is 6.10 Å². The number of anilines is 1. The number of nitrogen functional groups attached to an aromatic ring is 1. The summed E-state index contributed by atoms with van der Waals surface area (Å²) in [7, 11) is 0. The van der Waals surface area contributed by atoms with Gasteiger partial charge in [-0.3, -0.25) is 4.79 Å². The van der Waals surface area contributed by atoms with Crippen molar-refractivity contribution in [3.05, 3.63) is 29.8 Å². The van der Waals surface area contributed by atoms with Crippen molar-refractivity contribution in [3.8, 4) is 5.75 Å². The number of carbonyl (C=O) groups is 1. The van der Waals surface area contributed by atoms with E-state index in [0.717, 1.165) is 5.56 Å². The maximum atomic E-state index is 10.9. The van der Waals surface area contributed by atoms with Crippen molar-refractivity contribution in [3.63, 3.8) is 0 Å². The molecule has 1 amide bonds. The number of rotatable bonds is 1. The SMILES string of the molecule is NC(=O)C1C=Cc2cccc(N)c2O1. The standard InChI is InChI=1S/C10H10N2O2/c11-7-3-1-2-6-4-5-8(10(12)13)14-9(6)7/h1-5,8H,11H2,(H2,12,13). The lowest BCUT2D eigenvalue weighted by molar-refractivity contribution is -0.122. The van der Waals surface area contributed by atoms with E-state index in [1.807, 2.05) is 12.1 Å². The van der Waals surface area contributed by atoms with Crippen molar-refractivity contribution < 1.29 is 9.53 Å². The zero-order valence-electron chi connectivity index (χ0n) is 7.44. The maximum Gasteiger partial charge on any atom is 0.262 e. The second-order valence-electron chi connectivity index (χ2n) is 3.07. The number of ether oxygens (including phenoxy) is 1.